The molecule has 1 N–H and O–H groups in total. The maximum absolute atomic E-state index is 12.9. The standard InChI is InChI=1S/C22H19N3O2S/c26-20(14-25-18-11-4-5-12-19(18)28-15-21(25)27)24-22(16-8-2-1-3-9-16)17-10-6-7-13-23-17/h1-13,22H,14-15H2,(H,24,26). The van der Waals surface area contributed by atoms with Crippen molar-refractivity contribution in [3.8, 4) is 0 Å². The zero-order valence-corrected chi connectivity index (χ0v) is 15.9. The predicted molar refractivity (Wildman–Crippen MR) is 110 cm³/mol. The van der Waals surface area contributed by atoms with Crippen molar-refractivity contribution in [3.05, 3.63) is 90.3 Å². The van der Waals surface area contributed by atoms with Crippen LogP contribution in [0.15, 0.2) is 83.9 Å². The van der Waals surface area contributed by atoms with Gasteiger partial charge in [-0.2, -0.15) is 0 Å². The average molecular weight is 389 g/mol. The molecule has 0 saturated heterocycles. The zero-order valence-electron chi connectivity index (χ0n) is 15.1. The molecule has 1 aliphatic heterocycles. The number of anilines is 1. The van der Waals surface area contributed by atoms with Crippen LogP contribution in [0, 0.1) is 0 Å². The molecule has 1 atom stereocenters. The molecule has 0 saturated carbocycles. The first-order valence-corrected chi connectivity index (χ1v) is 9.98. The molecule has 0 radical (unpaired) electrons. The SMILES string of the molecule is O=C(CN1C(=O)CSc2ccccc21)NC(c1ccccc1)c1ccccn1. The van der Waals surface area contributed by atoms with E-state index in [2.05, 4.69) is 10.3 Å². The summed E-state index contributed by atoms with van der Waals surface area (Å²) < 4.78 is 0. The van der Waals surface area contributed by atoms with Gasteiger partial charge in [0.2, 0.25) is 11.8 Å². The molecule has 0 aliphatic carbocycles. The highest BCUT2D eigenvalue weighted by atomic mass is 32.2. The van der Waals surface area contributed by atoms with Crippen LogP contribution in [0.4, 0.5) is 5.69 Å². The lowest BCUT2D eigenvalue weighted by atomic mass is 10.0. The summed E-state index contributed by atoms with van der Waals surface area (Å²) in [5.41, 5.74) is 2.48. The minimum absolute atomic E-state index is 0.0213. The number of pyridine rings is 1. The fourth-order valence-electron chi connectivity index (χ4n) is 3.20. The van der Waals surface area contributed by atoms with Crippen LogP contribution in [0.25, 0.3) is 0 Å². The van der Waals surface area contributed by atoms with Crippen molar-refractivity contribution < 1.29 is 9.59 Å². The second kappa shape index (κ2) is 8.27. The first-order chi connectivity index (χ1) is 13.7. The minimum Gasteiger partial charge on any atom is -0.342 e. The van der Waals surface area contributed by atoms with Gasteiger partial charge in [0.1, 0.15) is 6.54 Å². The molecule has 3 aromatic rings. The third-order valence-corrected chi connectivity index (χ3v) is 5.58. The van der Waals surface area contributed by atoms with Gasteiger partial charge in [0.25, 0.3) is 0 Å². The van der Waals surface area contributed by atoms with Gasteiger partial charge in [-0.3, -0.25) is 14.6 Å². The number of hydrogen-bond acceptors (Lipinski definition) is 4. The van der Waals surface area contributed by atoms with Crippen molar-refractivity contribution in [1.82, 2.24) is 10.3 Å². The number of rotatable bonds is 5. The number of fused-ring (bicyclic) bond motifs is 1. The van der Waals surface area contributed by atoms with Crippen LogP contribution in [0.5, 0.6) is 0 Å². The van der Waals surface area contributed by atoms with Gasteiger partial charge >= 0.3 is 0 Å². The van der Waals surface area contributed by atoms with Crippen LogP contribution in [-0.2, 0) is 9.59 Å². The molecule has 0 fully saturated rings. The highest BCUT2D eigenvalue weighted by molar-refractivity contribution is 8.00. The number of para-hydroxylation sites is 1. The van der Waals surface area contributed by atoms with Crippen LogP contribution in [0.1, 0.15) is 17.3 Å². The topological polar surface area (TPSA) is 62.3 Å². The van der Waals surface area contributed by atoms with E-state index in [0.717, 1.165) is 21.8 Å². The number of thioether (sulfide) groups is 1. The lowest BCUT2D eigenvalue weighted by molar-refractivity contribution is -0.123. The molecular formula is C22H19N3O2S. The lowest BCUT2D eigenvalue weighted by Gasteiger charge is -2.29. The molecule has 1 aromatic heterocycles. The second-order valence-electron chi connectivity index (χ2n) is 6.40. The number of nitrogens with one attached hydrogen (secondary N) is 1. The van der Waals surface area contributed by atoms with Crippen LogP contribution < -0.4 is 10.2 Å². The number of carbonyl (C=O) groups excluding carboxylic acids is 2. The average Bonchev–Trinajstić information content (AvgIpc) is 2.75. The zero-order chi connectivity index (χ0) is 19.3. The highest BCUT2D eigenvalue weighted by Gasteiger charge is 2.27. The van der Waals surface area contributed by atoms with Gasteiger partial charge in [0, 0.05) is 11.1 Å². The summed E-state index contributed by atoms with van der Waals surface area (Å²) in [7, 11) is 0. The monoisotopic (exact) mass is 389 g/mol. The smallest absolute Gasteiger partial charge is 0.240 e. The number of aromatic nitrogens is 1. The fourth-order valence-corrected chi connectivity index (χ4v) is 4.13. The Morgan fingerprint density at radius 2 is 1.79 bits per heavy atom. The summed E-state index contributed by atoms with van der Waals surface area (Å²) in [6.45, 7) is -0.0213. The highest BCUT2D eigenvalue weighted by Crippen LogP contribution is 2.34. The summed E-state index contributed by atoms with van der Waals surface area (Å²) in [5, 5.41) is 3.05. The number of nitrogens with zero attached hydrogens (tertiary/aromatic N) is 2. The predicted octanol–water partition coefficient (Wildman–Crippen LogP) is 3.43. The van der Waals surface area contributed by atoms with E-state index in [4.69, 9.17) is 0 Å². The fraction of sp³-hybridized carbons (Fsp3) is 0.136. The van der Waals surface area contributed by atoms with Gasteiger partial charge in [0.15, 0.2) is 0 Å². The maximum Gasteiger partial charge on any atom is 0.240 e. The molecule has 1 unspecified atom stereocenters. The van der Waals surface area contributed by atoms with E-state index >= 15 is 0 Å². The van der Waals surface area contributed by atoms with E-state index in [1.807, 2.05) is 72.8 Å². The van der Waals surface area contributed by atoms with E-state index < -0.39 is 0 Å². The first-order valence-electron chi connectivity index (χ1n) is 9.00. The van der Waals surface area contributed by atoms with Crippen molar-refractivity contribution in [2.45, 2.75) is 10.9 Å². The van der Waals surface area contributed by atoms with E-state index in [9.17, 15) is 9.59 Å². The summed E-state index contributed by atoms with van der Waals surface area (Å²) in [6.07, 6.45) is 1.71. The Morgan fingerprint density at radius 3 is 2.57 bits per heavy atom. The lowest BCUT2D eigenvalue weighted by Crippen LogP contribution is -2.44. The Balaban J connectivity index is 1.57. The van der Waals surface area contributed by atoms with E-state index in [-0.39, 0.29) is 24.4 Å². The molecule has 1 aliphatic rings. The molecule has 140 valence electrons. The number of hydrogen-bond donors (Lipinski definition) is 1. The Kier molecular flexibility index (Phi) is 5.39. The summed E-state index contributed by atoms with van der Waals surface area (Å²) in [5.74, 6) is 0.0506. The van der Waals surface area contributed by atoms with Gasteiger partial charge in [-0.05, 0) is 29.8 Å². The van der Waals surface area contributed by atoms with Gasteiger partial charge in [-0.25, -0.2) is 0 Å². The Bertz CT molecular complexity index is 940. The third-order valence-electron chi connectivity index (χ3n) is 4.53. The summed E-state index contributed by atoms with van der Waals surface area (Å²) in [6, 6.07) is 22.6. The number of carbonyl (C=O) groups is 2. The van der Waals surface area contributed by atoms with Crippen LogP contribution in [0.2, 0.25) is 0 Å². The van der Waals surface area contributed by atoms with Gasteiger partial charge in [-0.15, -0.1) is 11.8 Å². The van der Waals surface area contributed by atoms with Crippen molar-refractivity contribution in [3.63, 3.8) is 0 Å². The number of amides is 2. The molecule has 0 bridgehead atoms. The normalized spacial score (nSPS) is 14.3. The number of benzene rings is 2. The third kappa shape index (κ3) is 3.92. The van der Waals surface area contributed by atoms with E-state index in [1.54, 1.807) is 11.1 Å². The Hall–Kier alpha value is -3.12. The molecule has 2 aromatic carbocycles. The van der Waals surface area contributed by atoms with E-state index in [1.165, 1.54) is 11.8 Å². The van der Waals surface area contributed by atoms with Crippen molar-refractivity contribution in [1.29, 1.82) is 0 Å². The minimum atomic E-state index is -0.376. The van der Waals surface area contributed by atoms with Gasteiger partial charge in [0.05, 0.1) is 23.2 Å². The molecule has 28 heavy (non-hydrogen) atoms. The van der Waals surface area contributed by atoms with Crippen LogP contribution >= 0.6 is 11.8 Å². The van der Waals surface area contributed by atoms with Gasteiger partial charge < -0.3 is 10.2 Å². The molecule has 4 rings (SSSR count). The molecule has 0 spiro atoms. The molecule has 2 amide bonds. The molecule has 5 nitrogen and oxygen atoms in total. The van der Waals surface area contributed by atoms with Crippen LogP contribution in [-0.4, -0.2) is 29.1 Å². The first kappa shape index (κ1) is 18.3. The summed E-state index contributed by atoms with van der Waals surface area (Å²) in [4.78, 5) is 32.3. The molecular weight excluding hydrogens is 370 g/mol. The molecule has 6 heteroatoms. The maximum atomic E-state index is 12.9. The van der Waals surface area contributed by atoms with Gasteiger partial charge in [-0.1, -0.05) is 48.5 Å². The van der Waals surface area contributed by atoms with Crippen LogP contribution in [0.3, 0.4) is 0 Å². The molecule has 2 heterocycles. The summed E-state index contributed by atoms with van der Waals surface area (Å²) >= 11 is 1.50. The Labute approximate surface area is 167 Å². The quantitative estimate of drug-likeness (QED) is 0.726. The van der Waals surface area contributed by atoms with Crippen molar-refractivity contribution in [2.75, 3.05) is 17.2 Å². The second-order valence-corrected chi connectivity index (χ2v) is 7.42. The van der Waals surface area contributed by atoms with Crippen molar-refractivity contribution >= 4 is 29.3 Å². The van der Waals surface area contributed by atoms with Crippen molar-refractivity contribution in [2.24, 2.45) is 0 Å². The van der Waals surface area contributed by atoms with E-state index in [0.29, 0.717) is 5.75 Å². The Morgan fingerprint density at radius 1 is 1.04 bits per heavy atom. The largest absolute Gasteiger partial charge is 0.342 e.